The first kappa shape index (κ1) is 23.5. The molecule has 4 rings (SSSR count). The average molecular weight is 453 g/mol. The maximum absolute atomic E-state index is 13.7. The Bertz CT molecular complexity index is 905. The Kier molecular flexibility index (Phi) is 7.17. The minimum Gasteiger partial charge on any atom is -0.339 e. The van der Waals surface area contributed by atoms with Crippen LogP contribution in [0.3, 0.4) is 0 Å². The molecule has 3 aliphatic rings. The molecule has 178 valence electrons. The molecule has 1 N–H and O–H groups in total. The number of amides is 4. The lowest BCUT2D eigenvalue weighted by molar-refractivity contribution is -0.135. The molecule has 0 radical (unpaired) electrons. The molecule has 0 spiro atoms. The second-order valence-electron chi connectivity index (χ2n) is 9.84. The van der Waals surface area contributed by atoms with Gasteiger partial charge in [-0.1, -0.05) is 36.4 Å². The van der Waals surface area contributed by atoms with Crippen molar-refractivity contribution in [2.24, 2.45) is 5.92 Å². The van der Waals surface area contributed by atoms with Crippen LogP contribution < -0.4 is 5.32 Å². The van der Waals surface area contributed by atoms with Gasteiger partial charge in [-0.05, 0) is 70.5 Å². The number of allylic oxidation sites excluding steroid dienone is 1. The van der Waals surface area contributed by atoms with Gasteiger partial charge < -0.3 is 15.1 Å². The van der Waals surface area contributed by atoms with Crippen molar-refractivity contribution in [2.45, 2.75) is 50.5 Å². The molecular weight excluding hydrogens is 416 g/mol. The topological polar surface area (TPSA) is 73.0 Å². The lowest BCUT2D eigenvalue weighted by Gasteiger charge is -2.41. The largest absolute Gasteiger partial charge is 0.339 e. The van der Waals surface area contributed by atoms with Crippen LogP contribution in [0.5, 0.6) is 0 Å². The number of urea groups is 1. The van der Waals surface area contributed by atoms with Crippen molar-refractivity contribution in [1.82, 2.24) is 20.0 Å². The van der Waals surface area contributed by atoms with Crippen molar-refractivity contribution >= 4 is 17.8 Å². The van der Waals surface area contributed by atoms with Crippen LogP contribution in [0, 0.1) is 5.92 Å². The van der Waals surface area contributed by atoms with Gasteiger partial charge in [0.1, 0.15) is 5.54 Å². The molecule has 33 heavy (non-hydrogen) atoms. The summed E-state index contributed by atoms with van der Waals surface area (Å²) < 4.78 is 0. The number of hydrogen-bond donors (Lipinski definition) is 1. The van der Waals surface area contributed by atoms with Crippen molar-refractivity contribution in [1.29, 1.82) is 0 Å². The summed E-state index contributed by atoms with van der Waals surface area (Å²) in [5.41, 5.74) is 1.19. The van der Waals surface area contributed by atoms with Gasteiger partial charge in [-0.3, -0.25) is 14.5 Å². The fraction of sp³-hybridized carbons (Fsp3) is 0.577. The van der Waals surface area contributed by atoms with Crippen molar-refractivity contribution in [2.75, 3.05) is 40.3 Å². The molecule has 1 aromatic carbocycles. The molecule has 1 unspecified atom stereocenters. The van der Waals surface area contributed by atoms with E-state index in [4.69, 9.17) is 0 Å². The molecule has 2 saturated heterocycles. The normalized spacial score (nSPS) is 23.9. The molecular formula is C26H36N4O3. The zero-order valence-electron chi connectivity index (χ0n) is 19.9. The number of likely N-dealkylation sites (tertiary alicyclic amines) is 1. The molecule has 0 bridgehead atoms. The highest BCUT2D eigenvalue weighted by Gasteiger charge is 2.55. The lowest BCUT2D eigenvalue weighted by Crippen LogP contribution is -2.57. The monoisotopic (exact) mass is 452 g/mol. The third-order valence-corrected chi connectivity index (χ3v) is 7.42. The van der Waals surface area contributed by atoms with Crippen LogP contribution in [-0.2, 0) is 16.0 Å². The van der Waals surface area contributed by atoms with E-state index in [1.807, 2.05) is 42.1 Å². The highest BCUT2D eigenvalue weighted by molar-refractivity contribution is 6.07. The number of likely N-dealkylation sites (N-methyl/N-ethyl adjacent to an activating group) is 1. The number of piperidine rings is 1. The molecule has 4 amide bonds. The fourth-order valence-corrected chi connectivity index (χ4v) is 5.43. The predicted molar refractivity (Wildman–Crippen MR) is 128 cm³/mol. The first-order valence-electron chi connectivity index (χ1n) is 12.2. The highest BCUT2D eigenvalue weighted by atomic mass is 16.2. The molecule has 2 heterocycles. The molecule has 1 aliphatic carbocycles. The van der Waals surface area contributed by atoms with Gasteiger partial charge in [0, 0.05) is 31.8 Å². The quantitative estimate of drug-likeness (QED) is 0.616. The average Bonchev–Trinajstić information content (AvgIpc) is 3.44. The van der Waals surface area contributed by atoms with Crippen molar-refractivity contribution in [3.05, 3.63) is 47.5 Å². The molecule has 7 nitrogen and oxygen atoms in total. The number of hydrogen-bond acceptors (Lipinski definition) is 4. The van der Waals surface area contributed by atoms with Gasteiger partial charge in [-0.2, -0.15) is 0 Å². The molecule has 7 heteroatoms. The van der Waals surface area contributed by atoms with Crippen LogP contribution in [0.1, 0.15) is 44.1 Å². The van der Waals surface area contributed by atoms with E-state index < -0.39 is 5.54 Å². The zero-order chi connectivity index (χ0) is 23.4. The smallest absolute Gasteiger partial charge is 0.325 e. The summed E-state index contributed by atoms with van der Waals surface area (Å²) >= 11 is 0. The van der Waals surface area contributed by atoms with Gasteiger partial charge in [0.25, 0.3) is 5.91 Å². The Hall–Kier alpha value is -2.67. The number of carbonyl (C=O) groups is 3. The second-order valence-corrected chi connectivity index (χ2v) is 9.84. The Morgan fingerprint density at radius 1 is 1.15 bits per heavy atom. The van der Waals surface area contributed by atoms with Crippen LogP contribution in [0.25, 0.3) is 0 Å². The number of nitrogens with zero attached hydrogens (tertiary/aromatic N) is 3. The van der Waals surface area contributed by atoms with Crippen LogP contribution in [0.2, 0.25) is 0 Å². The summed E-state index contributed by atoms with van der Waals surface area (Å²) in [7, 11) is 3.88. The number of carbonyl (C=O) groups excluding carboxylic acids is 3. The van der Waals surface area contributed by atoms with Gasteiger partial charge in [-0.15, -0.1) is 0 Å². The van der Waals surface area contributed by atoms with Crippen molar-refractivity contribution in [3.63, 3.8) is 0 Å². The van der Waals surface area contributed by atoms with Gasteiger partial charge in [-0.25, -0.2) is 4.79 Å². The van der Waals surface area contributed by atoms with Crippen molar-refractivity contribution < 1.29 is 14.4 Å². The number of aryl methyl sites for hydroxylation is 1. The van der Waals surface area contributed by atoms with Crippen molar-refractivity contribution in [3.8, 4) is 0 Å². The first-order valence-corrected chi connectivity index (χ1v) is 12.2. The Morgan fingerprint density at radius 3 is 2.52 bits per heavy atom. The SMILES string of the molecule is CN(C)CCN1C(=O)NC(CCc2ccccc2)(C2CCN(C(=O)C3=CCCC3)CC2)C1=O. The van der Waals surface area contributed by atoms with Crippen LogP contribution in [0.15, 0.2) is 42.0 Å². The number of nitrogens with one attached hydrogen (secondary N) is 1. The molecule has 0 aromatic heterocycles. The lowest BCUT2D eigenvalue weighted by atomic mass is 9.74. The first-order chi connectivity index (χ1) is 15.9. The zero-order valence-corrected chi connectivity index (χ0v) is 19.9. The molecule has 1 aromatic rings. The third-order valence-electron chi connectivity index (χ3n) is 7.42. The Morgan fingerprint density at radius 2 is 1.88 bits per heavy atom. The Balaban J connectivity index is 1.50. The molecule has 2 fully saturated rings. The number of imide groups is 1. The molecule has 1 atom stereocenters. The van der Waals surface area contributed by atoms with E-state index in [-0.39, 0.29) is 23.8 Å². The maximum Gasteiger partial charge on any atom is 0.325 e. The van der Waals surface area contributed by atoms with Gasteiger partial charge in [0.15, 0.2) is 0 Å². The summed E-state index contributed by atoms with van der Waals surface area (Å²) in [4.78, 5) is 44.8. The van der Waals surface area contributed by atoms with E-state index in [1.165, 1.54) is 4.90 Å². The van der Waals surface area contributed by atoms with E-state index in [1.54, 1.807) is 0 Å². The summed E-state index contributed by atoms with van der Waals surface area (Å²) in [6.45, 7) is 2.29. The maximum atomic E-state index is 13.7. The number of benzene rings is 1. The standard InChI is InChI=1S/C26H36N4O3/c1-28(2)18-19-30-24(32)26(27-25(30)33,15-12-20-8-4-3-5-9-20)22-13-16-29(17-14-22)23(31)21-10-6-7-11-21/h3-5,8-10,22H,6-7,11-19H2,1-2H3,(H,27,33). The van der Waals surface area contributed by atoms with Gasteiger partial charge in [0.05, 0.1) is 0 Å². The van der Waals surface area contributed by atoms with Crippen LogP contribution in [-0.4, -0.2) is 78.4 Å². The fourth-order valence-electron chi connectivity index (χ4n) is 5.43. The van der Waals surface area contributed by atoms with Gasteiger partial charge in [0.2, 0.25) is 5.91 Å². The number of rotatable bonds is 8. The summed E-state index contributed by atoms with van der Waals surface area (Å²) in [5, 5.41) is 3.13. The molecule has 2 aliphatic heterocycles. The highest BCUT2D eigenvalue weighted by Crippen LogP contribution is 2.37. The summed E-state index contributed by atoms with van der Waals surface area (Å²) in [5.74, 6) is 0.0656. The summed E-state index contributed by atoms with van der Waals surface area (Å²) in [6, 6.07) is 9.83. The van der Waals surface area contributed by atoms with E-state index in [0.29, 0.717) is 32.6 Å². The predicted octanol–water partition coefficient (Wildman–Crippen LogP) is 2.82. The summed E-state index contributed by atoms with van der Waals surface area (Å²) in [6.07, 6.45) is 7.73. The minimum absolute atomic E-state index is 0.0172. The van der Waals surface area contributed by atoms with Crippen LogP contribution >= 0.6 is 0 Å². The Labute approximate surface area is 196 Å². The van der Waals surface area contributed by atoms with E-state index in [9.17, 15) is 14.4 Å². The van der Waals surface area contributed by atoms with E-state index >= 15 is 0 Å². The molecule has 0 saturated carbocycles. The van der Waals surface area contributed by atoms with Gasteiger partial charge >= 0.3 is 6.03 Å². The minimum atomic E-state index is -0.902. The second kappa shape index (κ2) is 10.1. The third kappa shape index (κ3) is 4.98. The van der Waals surface area contributed by atoms with Crippen LogP contribution in [0.4, 0.5) is 4.79 Å². The van der Waals surface area contributed by atoms with E-state index in [2.05, 4.69) is 23.5 Å². The van der Waals surface area contributed by atoms with E-state index in [0.717, 1.165) is 49.7 Å².